The van der Waals surface area contributed by atoms with Gasteiger partial charge in [0.25, 0.3) is 0 Å². The molecule has 0 atom stereocenters. The zero-order valence-corrected chi connectivity index (χ0v) is 13.6. The molecule has 0 aliphatic carbocycles. The van der Waals surface area contributed by atoms with Crippen LogP contribution in [0.2, 0.25) is 0 Å². The molecule has 21 heavy (non-hydrogen) atoms. The van der Waals surface area contributed by atoms with Crippen molar-refractivity contribution in [1.29, 1.82) is 0 Å². The number of hydrogen-bond donors (Lipinski definition) is 2. The summed E-state index contributed by atoms with van der Waals surface area (Å²) >= 11 is 1.72. The average Bonchev–Trinajstić information content (AvgIpc) is 3.03. The van der Waals surface area contributed by atoms with Crippen molar-refractivity contribution in [1.82, 2.24) is 15.5 Å². The van der Waals surface area contributed by atoms with Gasteiger partial charge in [0.05, 0.1) is 19.8 Å². The lowest BCUT2D eigenvalue weighted by atomic mass is 10.3. The number of ether oxygens (including phenoxy) is 1. The minimum Gasteiger partial charge on any atom is -0.379 e. The Morgan fingerprint density at radius 3 is 2.95 bits per heavy atom. The molecular weight excluding hydrogens is 284 g/mol. The van der Waals surface area contributed by atoms with Crippen LogP contribution >= 0.6 is 11.3 Å². The summed E-state index contributed by atoms with van der Waals surface area (Å²) in [5, 5.41) is 10.9. The highest BCUT2D eigenvalue weighted by Crippen LogP contribution is 2.06. The summed E-state index contributed by atoms with van der Waals surface area (Å²) in [7, 11) is 0. The first kappa shape index (κ1) is 16.3. The third-order valence-electron chi connectivity index (χ3n) is 3.39. The summed E-state index contributed by atoms with van der Waals surface area (Å²) in [6, 6.07) is 2.12. The molecule has 1 aliphatic heterocycles. The molecule has 0 unspecified atom stereocenters. The van der Waals surface area contributed by atoms with Gasteiger partial charge in [-0.1, -0.05) is 0 Å². The highest BCUT2D eigenvalue weighted by Gasteiger charge is 2.09. The van der Waals surface area contributed by atoms with Crippen LogP contribution in [0.15, 0.2) is 21.8 Å². The van der Waals surface area contributed by atoms with Crippen LogP contribution in [0, 0.1) is 0 Å². The summed E-state index contributed by atoms with van der Waals surface area (Å²) < 4.78 is 5.36. The van der Waals surface area contributed by atoms with Crippen molar-refractivity contribution >= 4 is 17.3 Å². The molecule has 2 rings (SSSR count). The largest absolute Gasteiger partial charge is 0.379 e. The number of morpholine rings is 1. The Kier molecular flexibility index (Phi) is 7.56. The molecule has 6 heteroatoms. The van der Waals surface area contributed by atoms with E-state index in [2.05, 4.69) is 44.3 Å². The molecule has 0 saturated carbocycles. The zero-order chi connectivity index (χ0) is 14.8. The minimum absolute atomic E-state index is 0.738. The molecule has 5 nitrogen and oxygen atoms in total. The van der Waals surface area contributed by atoms with Crippen LogP contribution in [0.4, 0.5) is 0 Å². The van der Waals surface area contributed by atoms with E-state index in [-0.39, 0.29) is 0 Å². The standard InChI is InChI=1S/C15H26N4OS/c1-2-16-15(18-12-14-4-11-21-13-14)17-5-3-6-19-7-9-20-10-8-19/h4,11,13H,2-3,5-10,12H2,1H3,(H2,16,17,18). The fraction of sp³-hybridized carbons (Fsp3) is 0.667. The molecule has 0 amide bonds. The molecule has 0 bridgehead atoms. The van der Waals surface area contributed by atoms with Gasteiger partial charge in [0.15, 0.2) is 5.96 Å². The van der Waals surface area contributed by atoms with Crippen molar-refractivity contribution in [3.05, 3.63) is 22.4 Å². The van der Waals surface area contributed by atoms with E-state index < -0.39 is 0 Å². The van der Waals surface area contributed by atoms with E-state index in [1.54, 1.807) is 11.3 Å². The second-order valence-electron chi connectivity index (χ2n) is 5.06. The number of hydrogen-bond acceptors (Lipinski definition) is 4. The minimum atomic E-state index is 0.738. The van der Waals surface area contributed by atoms with E-state index in [1.165, 1.54) is 5.56 Å². The van der Waals surface area contributed by atoms with Gasteiger partial charge in [0.1, 0.15) is 0 Å². The molecular formula is C15H26N4OS. The third-order valence-corrected chi connectivity index (χ3v) is 4.12. The maximum absolute atomic E-state index is 5.36. The van der Waals surface area contributed by atoms with Crippen molar-refractivity contribution in [2.24, 2.45) is 4.99 Å². The van der Waals surface area contributed by atoms with Crippen molar-refractivity contribution in [2.75, 3.05) is 45.9 Å². The first-order valence-corrected chi connectivity index (χ1v) is 8.66. The van der Waals surface area contributed by atoms with Crippen molar-refractivity contribution in [2.45, 2.75) is 19.9 Å². The van der Waals surface area contributed by atoms with Crippen molar-refractivity contribution in [3.8, 4) is 0 Å². The van der Waals surface area contributed by atoms with E-state index >= 15 is 0 Å². The molecule has 0 radical (unpaired) electrons. The molecule has 1 saturated heterocycles. The summed E-state index contributed by atoms with van der Waals surface area (Å²) in [5.74, 6) is 0.908. The Morgan fingerprint density at radius 2 is 2.24 bits per heavy atom. The van der Waals surface area contributed by atoms with Crippen LogP contribution in [0.5, 0.6) is 0 Å². The third kappa shape index (κ3) is 6.46. The molecule has 2 heterocycles. The Bertz CT molecular complexity index is 402. The molecule has 1 aromatic rings. The fourth-order valence-electron chi connectivity index (χ4n) is 2.23. The fourth-order valence-corrected chi connectivity index (χ4v) is 2.89. The topological polar surface area (TPSA) is 48.9 Å². The lowest BCUT2D eigenvalue weighted by Crippen LogP contribution is -2.40. The lowest BCUT2D eigenvalue weighted by Gasteiger charge is -2.26. The number of nitrogens with zero attached hydrogens (tertiary/aromatic N) is 2. The first-order chi connectivity index (χ1) is 10.4. The molecule has 1 fully saturated rings. The van der Waals surface area contributed by atoms with Gasteiger partial charge in [0, 0.05) is 26.2 Å². The highest BCUT2D eigenvalue weighted by atomic mass is 32.1. The normalized spacial score (nSPS) is 16.9. The SMILES string of the molecule is CCNC(=NCc1ccsc1)NCCCN1CCOCC1. The molecule has 0 aromatic carbocycles. The monoisotopic (exact) mass is 310 g/mol. The molecule has 2 N–H and O–H groups in total. The Balaban J connectivity index is 1.65. The van der Waals surface area contributed by atoms with Crippen molar-refractivity contribution in [3.63, 3.8) is 0 Å². The summed E-state index contributed by atoms with van der Waals surface area (Å²) in [6.07, 6.45) is 1.13. The maximum Gasteiger partial charge on any atom is 0.191 e. The second kappa shape index (κ2) is 9.76. The number of nitrogens with one attached hydrogen (secondary N) is 2. The quantitative estimate of drug-likeness (QED) is 0.455. The van der Waals surface area contributed by atoms with E-state index in [4.69, 9.17) is 4.74 Å². The molecule has 1 aromatic heterocycles. The van der Waals surface area contributed by atoms with Crippen LogP contribution in [0.25, 0.3) is 0 Å². The number of thiophene rings is 1. The van der Waals surface area contributed by atoms with Gasteiger partial charge in [-0.2, -0.15) is 11.3 Å². The van der Waals surface area contributed by atoms with Crippen LogP contribution < -0.4 is 10.6 Å². The summed E-state index contributed by atoms with van der Waals surface area (Å²) in [4.78, 5) is 7.07. The van der Waals surface area contributed by atoms with Crippen molar-refractivity contribution < 1.29 is 4.74 Å². The Hall–Kier alpha value is -1.11. The van der Waals surface area contributed by atoms with Gasteiger partial charge in [-0.05, 0) is 42.3 Å². The van der Waals surface area contributed by atoms with Crippen LogP contribution in [-0.4, -0.2) is 56.8 Å². The molecule has 1 aliphatic rings. The van der Waals surface area contributed by atoms with E-state index in [9.17, 15) is 0 Å². The number of guanidine groups is 1. The van der Waals surface area contributed by atoms with Crippen LogP contribution in [0.3, 0.4) is 0 Å². The Morgan fingerprint density at radius 1 is 1.38 bits per heavy atom. The lowest BCUT2D eigenvalue weighted by molar-refractivity contribution is 0.0376. The van der Waals surface area contributed by atoms with Gasteiger partial charge in [-0.3, -0.25) is 4.90 Å². The highest BCUT2D eigenvalue weighted by molar-refractivity contribution is 7.07. The van der Waals surface area contributed by atoms with Gasteiger partial charge < -0.3 is 15.4 Å². The number of aliphatic imine (C=N–C) groups is 1. The second-order valence-corrected chi connectivity index (χ2v) is 5.84. The maximum atomic E-state index is 5.36. The van der Waals surface area contributed by atoms with Gasteiger partial charge >= 0.3 is 0 Å². The molecule has 118 valence electrons. The summed E-state index contributed by atoms with van der Waals surface area (Å²) in [5.41, 5.74) is 1.27. The van der Waals surface area contributed by atoms with Gasteiger partial charge in [-0.25, -0.2) is 4.99 Å². The zero-order valence-electron chi connectivity index (χ0n) is 12.8. The first-order valence-electron chi connectivity index (χ1n) is 7.72. The molecule has 0 spiro atoms. The van der Waals surface area contributed by atoms with E-state index in [0.29, 0.717) is 0 Å². The van der Waals surface area contributed by atoms with Crippen LogP contribution in [0.1, 0.15) is 18.9 Å². The predicted molar refractivity (Wildman–Crippen MR) is 89.0 cm³/mol. The predicted octanol–water partition coefficient (Wildman–Crippen LogP) is 1.53. The van der Waals surface area contributed by atoms with E-state index in [0.717, 1.165) is 64.9 Å². The smallest absolute Gasteiger partial charge is 0.191 e. The van der Waals surface area contributed by atoms with Crippen LogP contribution in [-0.2, 0) is 11.3 Å². The Labute approximate surface area is 131 Å². The number of rotatable bonds is 7. The van der Waals surface area contributed by atoms with E-state index in [1.807, 2.05) is 0 Å². The summed E-state index contributed by atoms with van der Waals surface area (Å²) in [6.45, 7) is 9.67. The van der Waals surface area contributed by atoms with Gasteiger partial charge in [-0.15, -0.1) is 0 Å². The average molecular weight is 310 g/mol. The van der Waals surface area contributed by atoms with Gasteiger partial charge in [0.2, 0.25) is 0 Å².